The summed E-state index contributed by atoms with van der Waals surface area (Å²) in [5.74, 6) is 0.156. The van der Waals surface area contributed by atoms with Crippen LogP contribution in [0.2, 0.25) is 0 Å². The van der Waals surface area contributed by atoms with Crippen LogP contribution < -0.4 is 14.9 Å². The number of nitro groups is 1. The van der Waals surface area contributed by atoms with E-state index in [0.717, 1.165) is 11.1 Å². The van der Waals surface area contributed by atoms with Gasteiger partial charge in [0.15, 0.2) is 4.80 Å². The number of nitrogens with zero attached hydrogens (tertiary/aromatic N) is 3. The number of nitro benzene ring substituents is 1. The summed E-state index contributed by atoms with van der Waals surface area (Å²) in [5.41, 5.74) is 2.26. The molecule has 2 aromatic heterocycles. The molecule has 1 atom stereocenters. The van der Waals surface area contributed by atoms with Gasteiger partial charge in [-0.1, -0.05) is 47.7 Å². The molecule has 4 aromatic rings. The summed E-state index contributed by atoms with van der Waals surface area (Å²) >= 11 is 1.17. The molecule has 1 aliphatic heterocycles. The number of thiazole rings is 1. The summed E-state index contributed by atoms with van der Waals surface area (Å²) in [6.07, 6.45) is 1.58. The minimum absolute atomic E-state index is 0.0601. The van der Waals surface area contributed by atoms with Crippen LogP contribution >= 0.6 is 11.3 Å². The highest BCUT2D eigenvalue weighted by molar-refractivity contribution is 7.07. The number of hydrogen-bond donors (Lipinski definition) is 0. The second-order valence-electron chi connectivity index (χ2n) is 8.69. The van der Waals surface area contributed by atoms with E-state index in [1.807, 2.05) is 30.3 Å². The van der Waals surface area contributed by atoms with Crippen LogP contribution in [0, 0.1) is 17.0 Å². The van der Waals surface area contributed by atoms with Crippen molar-refractivity contribution in [3.05, 3.63) is 119 Å². The number of fused-ring (bicyclic) bond motifs is 1. The number of allylic oxidation sites excluding steroid dienone is 1. The first-order valence-electron chi connectivity index (χ1n) is 11.9. The lowest BCUT2D eigenvalue weighted by Crippen LogP contribution is -2.39. The molecule has 10 heteroatoms. The number of aryl methyl sites for hydroxylation is 1. The van der Waals surface area contributed by atoms with Crippen LogP contribution in [0.15, 0.2) is 86.1 Å². The number of ether oxygens (including phenoxy) is 1. The predicted molar refractivity (Wildman–Crippen MR) is 142 cm³/mol. The van der Waals surface area contributed by atoms with Crippen LogP contribution in [-0.2, 0) is 9.53 Å². The number of hydrogen-bond acceptors (Lipinski definition) is 8. The number of carbonyl (C=O) groups excluding carboxylic acids is 1. The van der Waals surface area contributed by atoms with E-state index in [9.17, 15) is 19.7 Å². The summed E-state index contributed by atoms with van der Waals surface area (Å²) in [6, 6.07) is 16.8. The van der Waals surface area contributed by atoms with Gasteiger partial charge in [0.2, 0.25) is 0 Å². The van der Waals surface area contributed by atoms with Gasteiger partial charge in [-0.25, -0.2) is 9.79 Å². The van der Waals surface area contributed by atoms with Crippen molar-refractivity contribution >= 4 is 29.1 Å². The monoisotopic (exact) mass is 529 g/mol. The first kappa shape index (κ1) is 25.1. The molecule has 192 valence electrons. The highest BCUT2D eigenvalue weighted by Gasteiger charge is 2.33. The van der Waals surface area contributed by atoms with E-state index in [-0.39, 0.29) is 17.9 Å². The molecule has 0 radical (unpaired) electrons. The Hall–Kier alpha value is -4.57. The van der Waals surface area contributed by atoms with Crippen LogP contribution in [0.3, 0.4) is 0 Å². The van der Waals surface area contributed by atoms with Gasteiger partial charge in [-0.3, -0.25) is 19.5 Å². The van der Waals surface area contributed by atoms with Crippen LogP contribution in [0.25, 0.3) is 17.4 Å². The van der Waals surface area contributed by atoms with E-state index >= 15 is 0 Å². The average molecular weight is 530 g/mol. The van der Waals surface area contributed by atoms with E-state index in [4.69, 9.17) is 9.15 Å². The molecule has 0 unspecified atom stereocenters. The van der Waals surface area contributed by atoms with Crippen molar-refractivity contribution in [2.45, 2.75) is 26.8 Å². The molecular weight excluding hydrogens is 506 g/mol. The molecule has 0 N–H and O–H groups in total. The average Bonchev–Trinajstić information content (AvgIpc) is 3.48. The van der Waals surface area contributed by atoms with Gasteiger partial charge in [-0.2, -0.15) is 0 Å². The Morgan fingerprint density at radius 3 is 2.66 bits per heavy atom. The van der Waals surface area contributed by atoms with Gasteiger partial charge in [0.1, 0.15) is 11.5 Å². The summed E-state index contributed by atoms with van der Waals surface area (Å²) in [4.78, 5) is 42.7. The number of benzene rings is 2. The van der Waals surface area contributed by atoms with Crippen molar-refractivity contribution in [3.63, 3.8) is 0 Å². The van der Waals surface area contributed by atoms with Crippen molar-refractivity contribution < 1.29 is 18.9 Å². The minimum atomic E-state index is -0.698. The fourth-order valence-electron chi connectivity index (χ4n) is 4.45. The highest BCUT2D eigenvalue weighted by Crippen LogP contribution is 2.33. The van der Waals surface area contributed by atoms with Gasteiger partial charge in [0.25, 0.3) is 11.2 Å². The fourth-order valence-corrected chi connectivity index (χ4v) is 5.47. The highest BCUT2D eigenvalue weighted by atomic mass is 32.1. The van der Waals surface area contributed by atoms with Gasteiger partial charge >= 0.3 is 5.97 Å². The van der Waals surface area contributed by atoms with Crippen LogP contribution in [0.1, 0.15) is 36.8 Å². The maximum absolute atomic E-state index is 13.7. The fraction of sp³-hybridized carbons (Fsp3) is 0.179. The number of carbonyl (C=O) groups is 1. The molecular formula is C28H23N3O6S. The second-order valence-corrected chi connectivity index (χ2v) is 9.70. The van der Waals surface area contributed by atoms with Crippen molar-refractivity contribution in [2.24, 2.45) is 4.99 Å². The number of aromatic nitrogens is 1. The van der Waals surface area contributed by atoms with Gasteiger partial charge in [0, 0.05) is 12.1 Å². The van der Waals surface area contributed by atoms with Gasteiger partial charge in [0.05, 0.1) is 38.9 Å². The lowest BCUT2D eigenvalue weighted by Gasteiger charge is -2.24. The molecule has 0 fully saturated rings. The van der Waals surface area contributed by atoms with Crippen molar-refractivity contribution in [1.29, 1.82) is 0 Å². The smallest absolute Gasteiger partial charge is 0.338 e. The first-order chi connectivity index (χ1) is 18.3. The number of rotatable bonds is 6. The Morgan fingerprint density at radius 2 is 1.95 bits per heavy atom. The molecule has 0 amide bonds. The lowest BCUT2D eigenvalue weighted by molar-refractivity contribution is -0.384. The molecule has 0 spiro atoms. The van der Waals surface area contributed by atoms with E-state index in [2.05, 4.69) is 4.99 Å². The second kappa shape index (κ2) is 10.1. The molecule has 9 nitrogen and oxygen atoms in total. The Labute approximate surface area is 220 Å². The first-order valence-corrected chi connectivity index (χ1v) is 12.7. The number of furan rings is 1. The molecule has 3 heterocycles. The van der Waals surface area contributed by atoms with Gasteiger partial charge in [-0.05, 0) is 50.1 Å². The van der Waals surface area contributed by atoms with Gasteiger partial charge < -0.3 is 9.15 Å². The molecule has 5 rings (SSSR count). The topological polar surface area (TPSA) is 117 Å². The summed E-state index contributed by atoms with van der Waals surface area (Å²) < 4.78 is 13.0. The third-order valence-electron chi connectivity index (χ3n) is 6.15. The molecule has 2 aromatic carbocycles. The van der Waals surface area contributed by atoms with Crippen LogP contribution in [0.4, 0.5) is 5.69 Å². The zero-order chi connectivity index (χ0) is 27.0. The summed E-state index contributed by atoms with van der Waals surface area (Å²) in [5, 5.41) is 11.6. The Balaban J connectivity index is 1.63. The zero-order valence-electron chi connectivity index (χ0n) is 20.8. The SMILES string of the molecule is CCOC(=O)C1=C(C)N=c2s/c(=C\c3ccc(-c4ccc(C)cc4[N+](=O)[O-])o3)c(=O)n2[C@H]1c1ccccc1. The Kier molecular flexibility index (Phi) is 6.64. The summed E-state index contributed by atoms with van der Waals surface area (Å²) in [7, 11) is 0. The molecule has 0 bridgehead atoms. The number of esters is 1. The minimum Gasteiger partial charge on any atom is -0.463 e. The maximum atomic E-state index is 13.7. The zero-order valence-corrected chi connectivity index (χ0v) is 21.7. The van der Waals surface area contributed by atoms with Crippen molar-refractivity contribution in [3.8, 4) is 11.3 Å². The predicted octanol–water partition coefficient (Wildman–Crippen LogP) is 4.27. The van der Waals surface area contributed by atoms with E-state index in [1.54, 1.807) is 51.1 Å². The molecule has 0 aliphatic carbocycles. The third kappa shape index (κ3) is 4.50. The maximum Gasteiger partial charge on any atom is 0.338 e. The Bertz CT molecular complexity index is 1780. The molecule has 1 aliphatic rings. The molecule has 0 saturated carbocycles. The van der Waals surface area contributed by atoms with E-state index in [1.165, 1.54) is 22.0 Å². The van der Waals surface area contributed by atoms with E-state index in [0.29, 0.717) is 37.7 Å². The normalized spacial score (nSPS) is 15.2. The van der Waals surface area contributed by atoms with Crippen LogP contribution in [-0.4, -0.2) is 22.1 Å². The summed E-state index contributed by atoms with van der Waals surface area (Å²) in [6.45, 7) is 5.43. The third-order valence-corrected chi connectivity index (χ3v) is 7.13. The van der Waals surface area contributed by atoms with Crippen molar-refractivity contribution in [1.82, 2.24) is 4.57 Å². The quantitative estimate of drug-likeness (QED) is 0.209. The largest absolute Gasteiger partial charge is 0.463 e. The van der Waals surface area contributed by atoms with Crippen LogP contribution in [0.5, 0.6) is 0 Å². The molecule has 0 saturated heterocycles. The van der Waals surface area contributed by atoms with E-state index < -0.39 is 16.9 Å². The Morgan fingerprint density at radius 1 is 1.18 bits per heavy atom. The van der Waals surface area contributed by atoms with Gasteiger partial charge in [-0.15, -0.1) is 0 Å². The molecule has 38 heavy (non-hydrogen) atoms. The standard InChI is InChI=1S/C28H23N3O6S/c1-4-36-27(33)24-17(3)29-28-30(25(24)18-8-6-5-7-9-18)26(32)23(38-28)15-19-11-13-22(37-19)20-12-10-16(2)14-21(20)31(34)35/h5-15,25H,4H2,1-3H3/b23-15-/t25-/m0/s1. The lowest BCUT2D eigenvalue weighted by atomic mass is 9.96. The van der Waals surface area contributed by atoms with Crippen molar-refractivity contribution in [2.75, 3.05) is 6.61 Å².